The van der Waals surface area contributed by atoms with Gasteiger partial charge in [0.25, 0.3) is 0 Å². The summed E-state index contributed by atoms with van der Waals surface area (Å²) in [6, 6.07) is 11.9. The molecule has 0 aliphatic rings. The minimum absolute atomic E-state index is 0.0132. The van der Waals surface area contributed by atoms with Gasteiger partial charge in [-0.25, -0.2) is 4.79 Å². The molecule has 102 valence electrons. The van der Waals surface area contributed by atoms with Crippen molar-refractivity contribution < 1.29 is 18.8 Å². The first kappa shape index (κ1) is 13.7. The molecule has 0 saturated carbocycles. The van der Waals surface area contributed by atoms with Crippen LogP contribution >= 0.6 is 0 Å². The zero-order chi connectivity index (χ0) is 14.5. The zero-order valence-electron chi connectivity index (χ0n) is 10.3. The Hall–Kier alpha value is -2.76. The van der Waals surface area contributed by atoms with Crippen molar-refractivity contribution >= 4 is 11.7 Å². The lowest BCUT2D eigenvalue weighted by Gasteiger charge is -2.06. The van der Waals surface area contributed by atoms with E-state index in [0.717, 1.165) is 6.07 Å². The summed E-state index contributed by atoms with van der Waals surface area (Å²) in [5.41, 5.74) is -0.334. The molecule has 0 spiro atoms. The van der Waals surface area contributed by atoms with E-state index in [4.69, 9.17) is 4.74 Å². The van der Waals surface area contributed by atoms with Crippen molar-refractivity contribution in [3.8, 4) is 0 Å². The Balaban J connectivity index is 2.14. The molecule has 0 unspecified atom stereocenters. The zero-order valence-corrected chi connectivity index (χ0v) is 10.3. The molecule has 0 aliphatic heterocycles. The number of nitrogens with zero attached hydrogens (tertiary/aromatic N) is 1. The summed E-state index contributed by atoms with van der Waals surface area (Å²) in [5.74, 6) is -1.58. The van der Waals surface area contributed by atoms with E-state index in [2.05, 4.69) is 0 Å². The van der Waals surface area contributed by atoms with Gasteiger partial charge in [-0.2, -0.15) is 4.39 Å². The molecule has 0 fully saturated rings. The average molecular weight is 275 g/mol. The molecular weight excluding hydrogens is 265 g/mol. The van der Waals surface area contributed by atoms with Crippen molar-refractivity contribution in [2.24, 2.45) is 0 Å². The second-order valence-electron chi connectivity index (χ2n) is 3.95. The second kappa shape index (κ2) is 5.92. The van der Waals surface area contributed by atoms with Gasteiger partial charge in [0.2, 0.25) is 5.82 Å². The maximum Gasteiger partial charge on any atom is 0.338 e. The summed E-state index contributed by atoms with van der Waals surface area (Å²) in [7, 11) is 0. The van der Waals surface area contributed by atoms with E-state index in [9.17, 15) is 19.3 Å². The largest absolute Gasteiger partial charge is 0.457 e. The molecule has 0 N–H and O–H groups in total. The number of hydrogen-bond acceptors (Lipinski definition) is 4. The Morgan fingerprint density at radius 3 is 2.50 bits per heavy atom. The van der Waals surface area contributed by atoms with Gasteiger partial charge in [-0.15, -0.1) is 0 Å². The molecule has 0 bridgehead atoms. The standard InChI is InChI=1S/C14H10FNO4/c15-12-8-4-7-11(13(12)16(18)19)9-20-14(17)10-5-2-1-3-6-10/h1-8H,9H2. The number of nitro benzene ring substituents is 1. The normalized spacial score (nSPS) is 10.1. The third kappa shape index (κ3) is 2.97. The predicted octanol–water partition coefficient (Wildman–Crippen LogP) is 3.09. The van der Waals surface area contributed by atoms with Crippen LogP contribution in [0.4, 0.5) is 10.1 Å². The lowest BCUT2D eigenvalue weighted by molar-refractivity contribution is -0.388. The molecule has 2 rings (SSSR count). The van der Waals surface area contributed by atoms with Crippen LogP contribution in [-0.4, -0.2) is 10.9 Å². The molecule has 6 heteroatoms. The Morgan fingerprint density at radius 2 is 1.85 bits per heavy atom. The number of rotatable bonds is 4. The number of para-hydroxylation sites is 1. The Kier molecular flexibility index (Phi) is 4.05. The highest BCUT2D eigenvalue weighted by atomic mass is 19.1. The van der Waals surface area contributed by atoms with Gasteiger partial charge in [0.15, 0.2) is 0 Å². The van der Waals surface area contributed by atoms with Gasteiger partial charge < -0.3 is 4.74 Å². The van der Waals surface area contributed by atoms with E-state index < -0.39 is 22.4 Å². The average Bonchev–Trinajstić information content (AvgIpc) is 2.45. The lowest BCUT2D eigenvalue weighted by atomic mass is 10.2. The smallest absolute Gasteiger partial charge is 0.338 e. The Morgan fingerprint density at radius 1 is 1.15 bits per heavy atom. The fourth-order valence-electron chi connectivity index (χ4n) is 1.68. The second-order valence-corrected chi connectivity index (χ2v) is 3.95. The molecular formula is C14H10FNO4. The monoisotopic (exact) mass is 275 g/mol. The SMILES string of the molecule is O=C(OCc1cccc(F)c1[N+](=O)[O-])c1ccccc1. The van der Waals surface area contributed by atoms with Gasteiger partial charge in [-0.1, -0.05) is 24.3 Å². The minimum atomic E-state index is -0.955. The molecule has 20 heavy (non-hydrogen) atoms. The van der Waals surface area contributed by atoms with E-state index in [1.165, 1.54) is 12.1 Å². The number of nitro groups is 1. The highest BCUT2D eigenvalue weighted by Gasteiger charge is 2.20. The molecule has 2 aromatic carbocycles. The van der Waals surface area contributed by atoms with Gasteiger partial charge in [-0.05, 0) is 24.3 Å². The number of benzene rings is 2. The van der Waals surface area contributed by atoms with Crippen LogP contribution in [0.1, 0.15) is 15.9 Å². The van der Waals surface area contributed by atoms with Crippen LogP contribution < -0.4 is 0 Å². The van der Waals surface area contributed by atoms with Gasteiger partial charge in [0, 0.05) is 0 Å². The van der Waals surface area contributed by atoms with E-state index in [0.29, 0.717) is 5.56 Å². The quantitative estimate of drug-likeness (QED) is 0.488. The van der Waals surface area contributed by atoms with Crippen molar-refractivity contribution in [1.82, 2.24) is 0 Å². The molecule has 0 aliphatic carbocycles. The summed E-state index contributed by atoms with van der Waals surface area (Å²) in [6.45, 7) is -0.359. The highest BCUT2D eigenvalue weighted by Crippen LogP contribution is 2.23. The molecule has 0 aromatic heterocycles. The first-order valence-corrected chi connectivity index (χ1v) is 5.73. The number of hydrogen-bond donors (Lipinski definition) is 0. The number of carbonyl (C=O) groups is 1. The number of esters is 1. The third-order valence-corrected chi connectivity index (χ3v) is 2.62. The summed E-state index contributed by atoms with van der Waals surface area (Å²) in [4.78, 5) is 21.6. The van der Waals surface area contributed by atoms with Gasteiger partial charge >= 0.3 is 11.7 Å². The van der Waals surface area contributed by atoms with Crippen LogP contribution in [0.2, 0.25) is 0 Å². The molecule has 5 nitrogen and oxygen atoms in total. The summed E-state index contributed by atoms with van der Waals surface area (Å²) in [6.07, 6.45) is 0. The Labute approximate surface area is 113 Å². The first-order valence-electron chi connectivity index (χ1n) is 5.73. The van der Waals surface area contributed by atoms with Crippen LogP contribution in [0.5, 0.6) is 0 Å². The van der Waals surface area contributed by atoms with E-state index in [1.807, 2.05) is 0 Å². The Bertz CT molecular complexity index is 643. The van der Waals surface area contributed by atoms with E-state index >= 15 is 0 Å². The van der Waals surface area contributed by atoms with Crippen molar-refractivity contribution in [1.29, 1.82) is 0 Å². The third-order valence-electron chi connectivity index (χ3n) is 2.62. The number of ether oxygens (including phenoxy) is 1. The van der Waals surface area contributed by atoms with Gasteiger partial charge in [0.1, 0.15) is 6.61 Å². The lowest BCUT2D eigenvalue weighted by Crippen LogP contribution is -2.07. The van der Waals surface area contributed by atoms with E-state index in [1.54, 1.807) is 30.3 Å². The molecule has 0 amide bonds. The van der Waals surface area contributed by atoms with Crippen molar-refractivity contribution in [3.63, 3.8) is 0 Å². The molecule has 0 atom stereocenters. The van der Waals surface area contributed by atoms with Crippen LogP contribution in [0.15, 0.2) is 48.5 Å². The minimum Gasteiger partial charge on any atom is -0.457 e. The van der Waals surface area contributed by atoms with Crippen LogP contribution in [0.25, 0.3) is 0 Å². The van der Waals surface area contributed by atoms with Crippen LogP contribution in [0.3, 0.4) is 0 Å². The molecule has 0 heterocycles. The van der Waals surface area contributed by atoms with E-state index in [-0.39, 0.29) is 12.2 Å². The fourth-order valence-corrected chi connectivity index (χ4v) is 1.68. The van der Waals surface area contributed by atoms with Gasteiger partial charge in [-0.3, -0.25) is 10.1 Å². The van der Waals surface area contributed by atoms with Crippen molar-refractivity contribution in [3.05, 3.63) is 75.6 Å². The molecule has 2 aromatic rings. The molecule has 0 saturated heterocycles. The number of halogens is 1. The van der Waals surface area contributed by atoms with Gasteiger partial charge in [0.05, 0.1) is 16.1 Å². The molecule has 0 radical (unpaired) electrons. The van der Waals surface area contributed by atoms with Crippen LogP contribution in [-0.2, 0) is 11.3 Å². The maximum atomic E-state index is 13.4. The predicted molar refractivity (Wildman–Crippen MR) is 68.6 cm³/mol. The topological polar surface area (TPSA) is 69.4 Å². The van der Waals surface area contributed by atoms with Crippen molar-refractivity contribution in [2.45, 2.75) is 6.61 Å². The highest BCUT2D eigenvalue weighted by molar-refractivity contribution is 5.89. The summed E-state index contributed by atoms with van der Waals surface area (Å²) < 4.78 is 18.3. The summed E-state index contributed by atoms with van der Waals surface area (Å²) >= 11 is 0. The fraction of sp³-hybridized carbons (Fsp3) is 0.0714. The van der Waals surface area contributed by atoms with Crippen molar-refractivity contribution in [2.75, 3.05) is 0 Å². The van der Waals surface area contributed by atoms with Crippen LogP contribution in [0, 0.1) is 15.9 Å². The maximum absolute atomic E-state index is 13.4. The first-order chi connectivity index (χ1) is 9.59. The summed E-state index contributed by atoms with van der Waals surface area (Å²) in [5, 5.41) is 10.8. The number of carbonyl (C=O) groups excluding carboxylic acids is 1.